The van der Waals surface area contributed by atoms with E-state index < -0.39 is 17.8 Å². The van der Waals surface area contributed by atoms with Gasteiger partial charge in [-0.1, -0.05) is 12.2 Å². The number of ether oxygens (including phenoxy) is 1. The fourth-order valence-electron chi connectivity index (χ4n) is 3.23. The Morgan fingerprint density at radius 3 is 2.65 bits per heavy atom. The van der Waals surface area contributed by atoms with Gasteiger partial charge in [-0.05, 0) is 31.6 Å². The van der Waals surface area contributed by atoms with Crippen LogP contribution in [0.15, 0.2) is 12.2 Å². The molecule has 0 aromatic carbocycles. The quantitative estimate of drug-likeness (QED) is 0.794. The lowest BCUT2D eigenvalue weighted by Crippen LogP contribution is -2.46. The van der Waals surface area contributed by atoms with E-state index in [4.69, 9.17) is 4.74 Å². The van der Waals surface area contributed by atoms with Crippen LogP contribution in [0.1, 0.15) is 25.7 Å². The Labute approximate surface area is 119 Å². The second kappa shape index (κ2) is 6.88. The number of aliphatic carboxylic acids is 1. The largest absolute Gasteiger partial charge is 0.481 e. The monoisotopic (exact) mass is 281 g/mol. The first-order chi connectivity index (χ1) is 9.63. The molecule has 0 saturated carbocycles. The summed E-state index contributed by atoms with van der Waals surface area (Å²) >= 11 is 0. The Bertz CT molecular complexity index is 391. The normalized spacial score (nSPS) is 30.2. The van der Waals surface area contributed by atoms with Crippen molar-refractivity contribution in [2.45, 2.75) is 25.7 Å². The highest BCUT2D eigenvalue weighted by Gasteiger charge is 2.37. The first-order valence-corrected chi connectivity index (χ1v) is 7.29. The van der Waals surface area contributed by atoms with Gasteiger partial charge in [0.15, 0.2) is 0 Å². The van der Waals surface area contributed by atoms with E-state index in [1.165, 1.54) is 0 Å². The lowest BCUT2D eigenvalue weighted by Gasteiger charge is -2.36. The zero-order valence-corrected chi connectivity index (χ0v) is 12.0. The maximum atomic E-state index is 12.6. The van der Waals surface area contributed by atoms with Gasteiger partial charge in [0.1, 0.15) is 0 Å². The molecule has 1 aliphatic carbocycles. The molecule has 2 rings (SSSR count). The van der Waals surface area contributed by atoms with E-state index in [1.807, 2.05) is 17.1 Å². The third-order valence-corrected chi connectivity index (χ3v) is 4.30. The SMILES string of the molecule is COCC1CCCN(C(=O)C2CC=CCC2C(=O)O)C1. The van der Waals surface area contributed by atoms with Gasteiger partial charge >= 0.3 is 5.97 Å². The van der Waals surface area contributed by atoms with Crippen molar-refractivity contribution < 1.29 is 19.4 Å². The van der Waals surface area contributed by atoms with Crippen LogP contribution in [0, 0.1) is 17.8 Å². The predicted octanol–water partition coefficient (Wildman–Crippen LogP) is 1.54. The van der Waals surface area contributed by atoms with Gasteiger partial charge in [-0.15, -0.1) is 0 Å². The fraction of sp³-hybridized carbons (Fsp3) is 0.733. The van der Waals surface area contributed by atoms with Crippen molar-refractivity contribution >= 4 is 11.9 Å². The summed E-state index contributed by atoms with van der Waals surface area (Å²) in [4.78, 5) is 25.7. The minimum atomic E-state index is -0.863. The third kappa shape index (κ3) is 3.39. The zero-order chi connectivity index (χ0) is 14.5. The predicted molar refractivity (Wildman–Crippen MR) is 74.2 cm³/mol. The third-order valence-electron chi connectivity index (χ3n) is 4.30. The van der Waals surface area contributed by atoms with Gasteiger partial charge in [0.05, 0.1) is 18.4 Å². The van der Waals surface area contributed by atoms with Crippen LogP contribution in [-0.2, 0) is 14.3 Å². The number of carbonyl (C=O) groups excluding carboxylic acids is 1. The highest BCUT2D eigenvalue weighted by molar-refractivity contribution is 5.85. The molecule has 1 heterocycles. The minimum absolute atomic E-state index is 0.00236. The number of nitrogens with zero attached hydrogens (tertiary/aromatic N) is 1. The number of carboxylic acids is 1. The highest BCUT2D eigenvalue weighted by Crippen LogP contribution is 2.29. The van der Waals surface area contributed by atoms with Crippen LogP contribution in [0.4, 0.5) is 0 Å². The minimum Gasteiger partial charge on any atom is -0.481 e. The molecule has 1 aliphatic heterocycles. The van der Waals surface area contributed by atoms with Crippen molar-refractivity contribution in [3.05, 3.63) is 12.2 Å². The molecule has 0 bridgehead atoms. The van der Waals surface area contributed by atoms with Gasteiger partial charge in [0, 0.05) is 20.2 Å². The molecule has 0 radical (unpaired) electrons. The summed E-state index contributed by atoms with van der Waals surface area (Å²) in [5.74, 6) is -1.46. The van der Waals surface area contributed by atoms with Crippen molar-refractivity contribution in [2.24, 2.45) is 17.8 Å². The van der Waals surface area contributed by atoms with Crippen molar-refractivity contribution in [3.63, 3.8) is 0 Å². The average Bonchev–Trinajstić information content (AvgIpc) is 2.47. The zero-order valence-electron chi connectivity index (χ0n) is 12.0. The van der Waals surface area contributed by atoms with E-state index in [0.717, 1.165) is 19.4 Å². The van der Waals surface area contributed by atoms with Gasteiger partial charge in [0.2, 0.25) is 5.91 Å². The second-order valence-electron chi connectivity index (χ2n) is 5.74. The first-order valence-electron chi connectivity index (χ1n) is 7.29. The molecular formula is C15H23NO4. The van der Waals surface area contributed by atoms with Crippen LogP contribution >= 0.6 is 0 Å². The lowest BCUT2D eigenvalue weighted by atomic mass is 9.81. The molecule has 5 nitrogen and oxygen atoms in total. The van der Waals surface area contributed by atoms with Crippen LogP contribution in [0.25, 0.3) is 0 Å². The molecule has 1 amide bonds. The number of likely N-dealkylation sites (tertiary alicyclic amines) is 1. The Balaban J connectivity index is 2.02. The maximum Gasteiger partial charge on any atom is 0.307 e. The van der Waals surface area contributed by atoms with E-state index in [-0.39, 0.29) is 5.91 Å². The van der Waals surface area contributed by atoms with E-state index in [9.17, 15) is 14.7 Å². The molecule has 20 heavy (non-hydrogen) atoms. The summed E-state index contributed by atoms with van der Waals surface area (Å²) in [6.45, 7) is 2.10. The Hall–Kier alpha value is -1.36. The van der Waals surface area contributed by atoms with E-state index in [2.05, 4.69) is 0 Å². The molecule has 2 aliphatic rings. The number of hydrogen-bond donors (Lipinski definition) is 1. The molecule has 1 saturated heterocycles. The maximum absolute atomic E-state index is 12.6. The molecule has 0 aromatic heterocycles. The molecule has 0 aromatic rings. The number of carbonyl (C=O) groups is 2. The van der Waals surface area contributed by atoms with Gasteiger partial charge in [-0.2, -0.15) is 0 Å². The van der Waals surface area contributed by atoms with Crippen molar-refractivity contribution in [3.8, 4) is 0 Å². The highest BCUT2D eigenvalue weighted by atomic mass is 16.5. The standard InChI is InChI=1S/C15H23NO4/c1-20-10-11-5-4-8-16(9-11)14(17)12-6-2-3-7-13(12)15(18)19/h2-3,11-13H,4-10H2,1H3,(H,18,19). The van der Waals surface area contributed by atoms with Gasteiger partial charge in [-0.25, -0.2) is 0 Å². The Morgan fingerprint density at radius 2 is 2.00 bits per heavy atom. The molecule has 0 spiro atoms. The number of allylic oxidation sites excluding steroid dienone is 2. The van der Waals surface area contributed by atoms with Crippen molar-refractivity contribution in [1.82, 2.24) is 4.90 Å². The number of hydrogen-bond acceptors (Lipinski definition) is 3. The number of amides is 1. The van der Waals surface area contributed by atoms with Crippen molar-refractivity contribution in [2.75, 3.05) is 26.8 Å². The average molecular weight is 281 g/mol. The van der Waals surface area contributed by atoms with Crippen LogP contribution in [0.2, 0.25) is 0 Å². The molecule has 3 atom stereocenters. The first kappa shape index (κ1) is 15.0. The Morgan fingerprint density at radius 1 is 1.30 bits per heavy atom. The number of methoxy groups -OCH3 is 1. The summed E-state index contributed by atoms with van der Waals surface area (Å²) < 4.78 is 5.17. The van der Waals surface area contributed by atoms with Crippen LogP contribution < -0.4 is 0 Å². The van der Waals surface area contributed by atoms with E-state index in [1.54, 1.807) is 7.11 Å². The van der Waals surface area contributed by atoms with Crippen LogP contribution in [0.3, 0.4) is 0 Å². The van der Waals surface area contributed by atoms with Gasteiger partial charge in [0.25, 0.3) is 0 Å². The Kier molecular flexibility index (Phi) is 5.17. The molecular weight excluding hydrogens is 258 g/mol. The van der Waals surface area contributed by atoms with E-state index >= 15 is 0 Å². The number of piperidine rings is 1. The van der Waals surface area contributed by atoms with Gasteiger partial charge < -0.3 is 14.7 Å². The number of carboxylic acid groups (broad SMARTS) is 1. The second-order valence-corrected chi connectivity index (χ2v) is 5.74. The molecule has 1 fully saturated rings. The molecule has 1 N–H and O–H groups in total. The van der Waals surface area contributed by atoms with Crippen LogP contribution in [-0.4, -0.2) is 48.7 Å². The fourth-order valence-corrected chi connectivity index (χ4v) is 3.23. The van der Waals surface area contributed by atoms with Crippen molar-refractivity contribution in [1.29, 1.82) is 0 Å². The molecule has 112 valence electrons. The smallest absolute Gasteiger partial charge is 0.307 e. The molecule has 5 heteroatoms. The summed E-state index contributed by atoms with van der Waals surface area (Å²) in [5, 5.41) is 9.27. The van der Waals surface area contributed by atoms with Gasteiger partial charge in [-0.3, -0.25) is 9.59 Å². The van der Waals surface area contributed by atoms with Crippen LogP contribution in [0.5, 0.6) is 0 Å². The van der Waals surface area contributed by atoms with E-state index in [0.29, 0.717) is 31.9 Å². The summed E-state index contributed by atoms with van der Waals surface area (Å²) in [7, 11) is 1.67. The summed E-state index contributed by atoms with van der Waals surface area (Å²) in [5.41, 5.74) is 0. The lowest BCUT2D eigenvalue weighted by molar-refractivity contribution is -0.151. The summed E-state index contributed by atoms with van der Waals surface area (Å²) in [6, 6.07) is 0. The number of rotatable bonds is 4. The molecule has 3 unspecified atom stereocenters. The topological polar surface area (TPSA) is 66.8 Å². The summed E-state index contributed by atoms with van der Waals surface area (Å²) in [6.07, 6.45) is 6.85.